The first-order chi connectivity index (χ1) is 20.3. The zero-order valence-corrected chi connectivity index (χ0v) is 24.1. The van der Waals surface area contributed by atoms with Crippen LogP contribution in [0, 0.1) is 17.5 Å². The van der Waals surface area contributed by atoms with Crippen molar-refractivity contribution in [2.45, 2.75) is 12.0 Å². The molecule has 1 unspecified atom stereocenters. The fourth-order valence-electron chi connectivity index (χ4n) is 4.41. The molecule has 0 spiro atoms. The van der Waals surface area contributed by atoms with Gasteiger partial charge >= 0.3 is 0 Å². The maximum atomic E-state index is 14.8. The van der Waals surface area contributed by atoms with Gasteiger partial charge in [-0.15, -0.1) is 11.3 Å². The Bertz CT molecular complexity index is 1790. The van der Waals surface area contributed by atoms with Crippen molar-refractivity contribution >= 4 is 55.9 Å². The lowest BCUT2D eigenvalue weighted by atomic mass is 10.1. The van der Waals surface area contributed by atoms with E-state index in [-0.39, 0.29) is 6.61 Å². The summed E-state index contributed by atoms with van der Waals surface area (Å²) in [5, 5.41) is 6.11. The first-order valence-electron chi connectivity index (χ1n) is 12.5. The summed E-state index contributed by atoms with van der Waals surface area (Å²) in [5.74, 6) is -4.23. The third-order valence-corrected chi connectivity index (χ3v) is 8.82. The van der Waals surface area contributed by atoms with E-state index in [1.807, 2.05) is 24.3 Å². The van der Waals surface area contributed by atoms with Gasteiger partial charge in [-0.25, -0.2) is 23.2 Å². The third kappa shape index (κ3) is 5.42. The molecule has 0 N–H and O–H groups in total. The van der Waals surface area contributed by atoms with Gasteiger partial charge in [-0.05, 0) is 30.3 Å². The van der Waals surface area contributed by atoms with Crippen LogP contribution < -0.4 is 9.47 Å². The predicted molar refractivity (Wildman–Crippen MR) is 158 cm³/mol. The van der Waals surface area contributed by atoms with E-state index in [0.29, 0.717) is 49.8 Å². The number of carbonyl (C=O) groups excluding carboxylic acids is 1. The standard InChI is InChI=1S/C30H19ClF3N3O3S2/c1-39-23-7-4-5-19(27(23)40-15-25-35-22-6-2-3-8-24(22)41-25)30-37(29(38)26-20(33)13-18(32)14-21(26)34)36-28(42-30)16-9-11-17(31)12-10-16/h2-14,30H,15H2,1H3. The number of hydrogen-bond donors (Lipinski definition) is 0. The molecular weight excluding hydrogens is 607 g/mol. The number of hydrazone groups is 1. The molecule has 1 atom stereocenters. The zero-order chi connectivity index (χ0) is 29.4. The molecule has 2 heterocycles. The van der Waals surface area contributed by atoms with Crippen molar-refractivity contribution in [3.05, 3.63) is 123 Å². The largest absolute Gasteiger partial charge is 0.493 e. The summed E-state index contributed by atoms with van der Waals surface area (Å²) >= 11 is 8.71. The highest BCUT2D eigenvalue weighted by atomic mass is 35.5. The van der Waals surface area contributed by atoms with Crippen LogP contribution in [0.2, 0.25) is 5.02 Å². The molecule has 42 heavy (non-hydrogen) atoms. The molecule has 0 saturated carbocycles. The number of thiazole rings is 1. The number of aromatic nitrogens is 1. The van der Waals surface area contributed by atoms with E-state index in [2.05, 4.69) is 10.1 Å². The van der Waals surface area contributed by atoms with Crippen molar-refractivity contribution in [1.82, 2.24) is 9.99 Å². The molecule has 1 aliphatic heterocycles. The van der Waals surface area contributed by atoms with E-state index in [4.69, 9.17) is 21.1 Å². The van der Waals surface area contributed by atoms with Gasteiger partial charge in [0.1, 0.15) is 45.0 Å². The second-order valence-corrected chi connectivity index (χ2v) is 11.6. The zero-order valence-electron chi connectivity index (χ0n) is 21.7. The number of ether oxygens (including phenoxy) is 2. The molecule has 1 aromatic heterocycles. The summed E-state index contributed by atoms with van der Waals surface area (Å²) in [6.45, 7) is 0.101. The Labute approximate surface area is 251 Å². The Morgan fingerprint density at radius 2 is 1.74 bits per heavy atom. The molecule has 0 aliphatic carbocycles. The average molecular weight is 626 g/mol. The van der Waals surface area contributed by atoms with E-state index in [1.54, 1.807) is 42.5 Å². The average Bonchev–Trinajstić information content (AvgIpc) is 3.60. The lowest BCUT2D eigenvalue weighted by Crippen LogP contribution is -2.28. The van der Waals surface area contributed by atoms with Crippen molar-refractivity contribution < 1.29 is 27.4 Å². The van der Waals surface area contributed by atoms with Crippen molar-refractivity contribution in [1.29, 1.82) is 0 Å². The summed E-state index contributed by atoms with van der Waals surface area (Å²) < 4.78 is 56.0. The fraction of sp³-hybridized carbons (Fsp3) is 0.100. The van der Waals surface area contributed by atoms with Gasteiger partial charge in [0.2, 0.25) is 0 Å². The molecule has 0 saturated heterocycles. The number of amides is 1. The molecule has 0 radical (unpaired) electrons. The van der Waals surface area contributed by atoms with Crippen molar-refractivity contribution in [3.63, 3.8) is 0 Å². The van der Waals surface area contributed by atoms with Crippen LogP contribution in [0.15, 0.2) is 84.0 Å². The van der Waals surface area contributed by atoms with Crippen molar-refractivity contribution in [3.8, 4) is 11.5 Å². The predicted octanol–water partition coefficient (Wildman–Crippen LogP) is 8.20. The van der Waals surface area contributed by atoms with Crippen molar-refractivity contribution in [2.75, 3.05) is 7.11 Å². The van der Waals surface area contributed by atoms with Gasteiger partial charge in [0.05, 0.1) is 17.3 Å². The number of thioether (sulfide) groups is 1. The second-order valence-electron chi connectivity index (χ2n) is 9.02. The molecule has 4 aromatic carbocycles. The summed E-state index contributed by atoms with van der Waals surface area (Å²) in [5.41, 5.74) is 1.01. The first-order valence-corrected chi connectivity index (χ1v) is 14.5. The molecule has 1 amide bonds. The Balaban J connectivity index is 1.41. The highest BCUT2D eigenvalue weighted by molar-refractivity contribution is 8.14. The minimum absolute atomic E-state index is 0.101. The maximum absolute atomic E-state index is 14.8. The number of para-hydroxylation sites is 2. The molecule has 0 bridgehead atoms. The molecule has 6 rings (SSSR count). The normalized spacial score (nSPS) is 14.7. The van der Waals surface area contributed by atoms with Gasteiger partial charge in [0, 0.05) is 28.3 Å². The van der Waals surface area contributed by atoms with Crippen LogP contribution in [-0.4, -0.2) is 28.1 Å². The second kappa shape index (κ2) is 11.7. The third-order valence-electron chi connectivity index (χ3n) is 6.34. The van der Waals surface area contributed by atoms with Gasteiger partial charge in [-0.2, -0.15) is 5.10 Å². The van der Waals surface area contributed by atoms with Crippen LogP contribution in [0.1, 0.15) is 31.9 Å². The van der Waals surface area contributed by atoms with Gasteiger partial charge < -0.3 is 9.47 Å². The highest BCUT2D eigenvalue weighted by Gasteiger charge is 2.39. The summed E-state index contributed by atoms with van der Waals surface area (Å²) in [6.07, 6.45) is 0. The summed E-state index contributed by atoms with van der Waals surface area (Å²) in [4.78, 5) is 18.3. The fourth-order valence-corrected chi connectivity index (χ4v) is 6.59. The quantitative estimate of drug-likeness (QED) is 0.182. The van der Waals surface area contributed by atoms with E-state index < -0.39 is 34.3 Å². The Hall–Kier alpha value is -4.06. The molecule has 12 heteroatoms. The monoisotopic (exact) mass is 625 g/mol. The van der Waals surface area contributed by atoms with Gasteiger partial charge in [0.15, 0.2) is 11.5 Å². The van der Waals surface area contributed by atoms with Gasteiger partial charge in [-0.1, -0.05) is 59.8 Å². The topological polar surface area (TPSA) is 64.0 Å². The van der Waals surface area contributed by atoms with Crippen LogP contribution in [0.3, 0.4) is 0 Å². The van der Waals surface area contributed by atoms with E-state index in [0.717, 1.165) is 15.2 Å². The first kappa shape index (κ1) is 28.1. The summed E-state index contributed by atoms with van der Waals surface area (Å²) in [7, 11) is 1.48. The molecule has 1 aliphatic rings. The van der Waals surface area contributed by atoms with Crippen LogP contribution in [-0.2, 0) is 6.61 Å². The Morgan fingerprint density at radius 3 is 2.45 bits per heavy atom. The van der Waals surface area contributed by atoms with E-state index in [9.17, 15) is 18.0 Å². The number of halogens is 4. The summed E-state index contributed by atoms with van der Waals surface area (Å²) in [6, 6.07) is 20.5. The Kier molecular flexibility index (Phi) is 7.80. The van der Waals surface area contributed by atoms with Crippen LogP contribution >= 0.6 is 34.7 Å². The number of fused-ring (bicyclic) bond motifs is 1. The van der Waals surface area contributed by atoms with Crippen LogP contribution in [0.25, 0.3) is 10.2 Å². The number of rotatable bonds is 7. The Morgan fingerprint density at radius 1 is 1.00 bits per heavy atom. The van der Waals surface area contributed by atoms with Crippen molar-refractivity contribution in [2.24, 2.45) is 5.10 Å². The number of benzene rings is 4. The smallest absolute Gasteiger partial charge is 0.281 e. The minimum Gasteiger partial charge on any atom is -0.493 e. The number of nitrogens with zero attached hydrogens (tertiary/aromatic N) is 3. The molecule has 0 fully saturated rings. The molecular formula is C30H19ClF3N3O3S2. The van der Waals surface area contributed by atoms with Crippen LogP contribution in [0.4, 0.5) is 13.2 Å². The SMILES string of the molecule is COc1cccc(C2SC(c3ccc(Cl)cc3)=NN2C(=O)c2c(F)cc(F)cc2F)c1OCc1nc2ccccc2s1. The van der Waals surface area contributed by atoms with Crippen LogP contribution in [0.5, 0.6) is 11.5 Å². The maximum Gasteiger partial charge on any atom is 0.281 e. The van der Waals surface area contributed by atoms with E-state index >= 15 is 0 Å². The van der Waals surface area contributed by atoms with E-state index in [1.165, 1.54) is 30.2 Å². The molecule has 5 aromatic rings. The van der Waals surface area contributed by atoms with Gasteiger partial charge in [-0.3, -0.25) is 4.79 Å². The lowest BCUT2D eigenvalue weighted by Gasteiger charge is -2.24. The minimum atomic E-state index is -1.34. The molecule has 6 nitrogen and oxygen atoms in total. The lowest BCUT2D eigenvalue weighted by molar-refractivity contribution is 0.0737. The molecule has 212 valence electrons. The van der Waals surface area contributed by atoms with Gasteiger partial charge in [0.25, 0.3) is 5.91 Å². The number of methoxy groups -OCH3 is 1. The number of carbonyl (C=O) groups is 1. The highest BCUT2D eigenvalue weighted by Crippen LogP contribution is 2.48. The number of hydrogen-bond acceptors (Lipinski definition) is 7.